The van der Waals surface area contributed by atoms with Crippen LogP contribution in [-0.2, 0) is 4.79 Å². The molecule has 0 atom stereocenters. The van der Waals surface area contributed by atoms with Crippen molar-refractivity contribution in [2.45, 2.75) is 13.8 Å². The van der Waals surface area contributed by atoms with Crippen molar-refractivity contribution in [3.05, 3.63) is 57.7 Å². The van der Waals surface area contributed by atoms with Crippen LogP contribution in [0, 0.1) is 9.49 Å². The lowest BCUT2D eigenvalue weighted by Crippen LogP contribution is -2.34. The van der Waals surface area contributed by atoms with Crippen molar-refractivity contribution in [2.75, 3.05) is 10.6 Å². The lowest BCUT2D eigenvalue weighted by molar-refractivity contribution is -0.118. The van der Waals surface area contributed by atoms with Gasteiger partial charge >= 0.3 is 0 Å². The Balaban J connectivity index is 1.91. The van der Waals surface area contributed by atoms with Gasteiger partial charge in [-0.2, -0.15) is 0 Å². The fourth-order valence-electron chi connectivity index (χ4n) is 1.86. The molecule has 0 aliphatic heterocycles. The summed E-state index contributed by atoms with van der Waals surface area (Å²) in [5.41, 5.74) is 1.96. The van der Waals surface area contributed by atoms with Crippen molar-refractivity contribution in [1.82, 2.24) is 5.32 Å². The van der Waals surface area contributed by atoms with Gasteiger partial charge in [0.15, 0.2) is 5.11 Å². The Bertz CT molecular complexity index is 774. The zero-order valence-corrected chi connectivity index (χ0v) is 16.8. The van der Waals surface area contributed by atoms with Gasteiger partial charge in [0.1, 0.15) is 0 Å². The van der Waals surface area contributed by atoms with Gasteiger partial charge < -0.3 is 10.6 Å². The molecule has 0 saturated heterocycles. The maximum atomic E-state index is 12.1. The van der Waals surface area contributed by atoms with Gasteiger partial charge in [0, 0.05) is 26.4 Å². The van der Waals surface area contributed by atoms with Crippen LogP contribution in [0.3, 0.4) is 0 Å². The van der Waals surface area contributed by atoms with Crippen molar-refractivity contribution >= 4 is 63.1 Å². The number of thiocarbonyl (C=S) groups is 1. The second-order valence-electron chi connectivity index (χ2n) is 5.64. The highest BCUT2D eigenvalue weighted by atomic mass is 127. The molecule has 0 aliphatic carbocycles. The average Bonchev–Trinajstić information content (AvgIpc) is 2.57. The van der Waals surface area contributed by atoms with Gasteiger partial charge in [-0.3, -0.25) is 14.9 Å². The molecular formula is C18H18IN3O2S. The van der Waals surface area contributed by atoms with E-state index in [-0.39, 0.29) is 22.8 Å². The van der Waals surface area contributed by atoms with Crippen LogP contribution >= 0.6 is 34.8 Å². The molecule has 0 heterocycles. The zero-order chi connectivity index (χ0) is 18.4. The summed E-state index contributed by atoms with van der Waals surface area (Å²) in [7, 11) is 0. The summed E-state index contributed by atoms with van der Waals surface area (Å²) >= 11 is 7.34. The van der Waals surface area contributed by atoms with Crippen molar-refractivity contribution in [1.29, 1.82) is 0 Å². The van der Waals surface area contributed by atoms with Gasteiger partial charge in [-0.15, -0.1) is 0 Å². The summed E-state index contributed by atoms with van der Waals surface area (Å²) in [5, 5.41) is 8.60. The molecule has 0 aliphatic rings. The third kappa shape index (κ3) is 6.09. The molecule has 0 radical (unpaired) electrons. The summed E-state index contributed by atoms with van der Waals surface area (Å²) < 4.78 is 1.06. The molecule has 7 heteroatoms. The predicted molar refractivity (Wildman–Crippen MR) is 113 cm³/mol. The number of anilines is 2. The van der Waals surface area contributed by atoms with E-state index >= 15 is 0 Å². The summed E-state index contributed by atoms with van der Waals surface area (Å²) in [5.74, 6) is -0.391. The SMILES string of the molecule is CC(C)C(=O)Nc1ccc(NC(=S)NC(=O)c2ccc(I)cc2)cc1. The van der Waals surface area contributed by atoms with Gasteiger partial charge in [0.2, 0.25) is 5.91 Å². The Morgan fingerprint density at radius 2 is 1.44 bits per heavy atom. The van der Waals surface area contributed by atoms with E-state index in [1.165, 1.54) is 0 Å². The topological polar surface area (TPSA) is 70.2 Å². The number of benzene rings is 2. The number of hydrogen-bond donors (Lipinski definition) is 3. The first-order valence-corrected chi connectivity index (χ1v) is 9.12. The van der Waals surface area contributed by atoms with Crippen molar-refractivity contribution in [2.24, 2.45) is 5.92 Å². The molecule has 5 nitrogen and oxygen atoms in total. The lowest BCUT2D eigenvalue weighted by Gasteiger charge is -2.11. The van der Waals surface area contributed by atoms with E-state index in [4.69, 9.17) is 12.2 Å². The fourth-order valence-corrected chi connectivity index (χ4v) is 2.43. The summed E-state index contributed by atoms with van der Waals surface area (Å²) in [4.78, 5) is 23.8. The van der Waals surface area contributed by atoms with Crippen molar-refractivity contribution < 1.29 is 9.59 Å². The van der Waals surface area contributed by atoms with E-state index in [0.29, 0.717) is 11.3 Å². The van der Waals surface area contributed by atoms with E-state index in [9.17, 15) is 9.59 Å². The molecule has 2 rings (SSSR count). The predicted octanol–water partition coefficient (Wildman–Crippen LogP) is 4.01. The maximum absolute atomic E-state index is 12.1. The third-order valence-corrected chi connectivity index (χ3v) is 4.19. The van der Waals surface area contributed by atoms with Crippen LogP contribution in [0.1, 0.15) is 24.2 Å². The molecule has 3 N–H and O–H groups in total. The molecule has 0 saturated carbocycles. The van der Waals surface area contributed by atoms with E-state index < -0.39 is 0 Å². The summed E-state index contributed by atoms with van der Waals surface area (Å²) in [6.07, 6.45) is 0. The van der Waals surface area contributed by atoms with E-state index in [0.717, 1.165) is 9.26 Å². The monoisotopic (exact) mass is 467 g/mol. The van der Waals surface area contributed by atoms with Gasteiger partial charge in [-0.1, -0.05) is 13.8 Å². The molecule has 0 aromatic heterocycles. The molecule has 2 aromatic carbocycles. The highest BCUT2D eigenvalue weighted by molar-refractivity contribution is 14.1. The molecule has 0 bridgehead atoms. The molecule has 0 spiro atoms. The van der Waals surface area contributed by atoms with Crippen LogP contribution in [0.25, 0.3) is 0 Å². The van der Waals surface area contributed by atoms with Gasteiger partial charge in [0.25, 0.3) is 5.91 Å². The first-order valence-electron chi connectivity index (χ1n) is 7.64. The molecule has 0 unspecified atom stereocenters. The Kier molecular flexibility index (Phi) is 6.89. The minimum Gasteiger partial charge on any atom is -0.332 e. The highest BCUT2D eigenvalue weighted by Crippen LogP contribution is 2.14. The Morgan fingerprint density at radius 3 is 1.96 bits per heavy atom. The standard InChI is InChI=1S/C18H18IN3O2S/c1-11(2)16(23)20-14-7-9-15(10-8-14)21-18(25)22-17(24)12-3-5-13(19)6-4-12/h3-11H,1-2H3,(H,20,23)(H2,21,22,24,25). The number of hydrogen-bond acceptors (Lipinski definition) is 3. The van der Waals surface area contributed by atoms with E-state index in [1.807, 2.05) is 26.0 Å². The number of amides is 2. The number of carbonyl (C=O) groups excluding carboxylic acids is 2. The van der Waals surface area contributed by atoms with Crippen LogP contribution in [-0.4, -0.2) is 16.9 Å². The van der Waals surface area contributed by atoms with E-state index in [1.54, 1.807) is 36.4 Å². The number of nitrogens with one attached hydrogen (secondary N) is 3. The Hall–Kier alpha value is -2.00. The minimum atomic E-state index is -0.269. The lowest BCUT2D eigenvalue weighted by atomic mass is 10.2. The molecule has 25 heavy (non-hydrogen) atoms. The molecule has 0 fully saturated rings. The minimum absolute atomic E-state index is 0.0407. The largest absolute Gasteiger partial charge is 0.332 e. The fraction of sp³-hybridized carbons (Fsp3) is 0.167. The first kappa shape index (κ1) is 19.3. The smallest absolute Gasteiger partial charge is 0.257 e. The molecule has 2 amide bonds. The maximum Gasteiger partial charge on any atom is 0.257 e. The van der Waals surface area contributed by atoms with Gasteiger partial charge in [-0.05, 0) is 83.3 Å². The Morgan fingerprint density at radius 1 is 0.920 bits per heavy atom. The number of rotatable bonds is 4. The first-order chi connectivity index (χ1) is 11.8. The molecule has 2 aromatic rings. The van der Waals surface area contributed by atoms with Crippen LogP contribution in [0.2, 0.25) is 0 Å². The highest BCUT2D eigenvalue weighted by Gasteiger charge is 2.09. The second-order valence-corrected chi connectivity index (χ2v) is 7.29. The normalized spacial score (nSPS) is 10.2. The second kappa shape index (κ2) is 8.91. The number of halogens is 1. The van der Waals surface area contributed by atoms with Crippen LogP contribution in [0.4, 0.5) is 11.4 Å². The number of carbonyl (C=O) groups is 2. The van der Waals surface area contributed by atoms with E-state index in [2.05, 4.69) is 38.5 Å². The van der Waals surface area contributed by atoms with Crippen molar-refractivity contribution in [3.8, 4) is 0 Å². The van der Waals surface area contributed by atoms with Gasteiger partial charge in [-0.25, -0.2) is 0 Å². The Labute approximate surface area is 165 Å². The summed E-state index contributed by atoms with van der Waals surface area (Å²) in [6, 6.07) is 14.3. The summed E-state index contributed by atoms with van der Waals surface area (Å²) in [6.45, 7) is 3.67. The van der Waals surface area contributed by atoms with Crippen molar-refractivity contribution in [3.63, 3.8) is 0 Å². The van der Waals surface area contributed by atoms with Crippen LogP contribution < -0.4 is 16.0 Å². The van der Waals surface area contributed by atoms with Crippen LogP contribution in [0.5, 0.6) is 0 Å². The van der Waals surface area contributed by atoms with Crippen LogP contribution in [0.15, 0.2) is 48.5 Å². The van der Waals surface area contributed by atoms with Gasteiger partial charge in [0.05, 0.1) is 0 Å². The quantitative estimate of drug-likeness (QED) is 0.470. The third-order valence-electron chi connectivity index (χ3n) is 3.27. The molecule has 130 valence electrons. The molecular weight excluding hydrogens is 449 g/mol. The average molecular weight is 467 g/mol. The zero-order valence-electron chi connectivity index (χ0n) is 13.8.